The zero-order valence-electron chi connectivity index (χ0n) is 11.1. The van der Waals surface area contributed by atoms with E-state index in [0.717, 1.165) is 11.1 Å². The van der Waals surface area contributed by atoms with E-state index in [1.54, 1.807) is 6.07 Å². The summed E-state index contributed by atoms with van der Waals surface area (Å²) in [5.41, 5.74) is 1.90. The molecule has 0 fully saturated rings. The molecule has 2 atom stereocenters. The molecule has 104 valence electrons. The summed E-state index contributed by atoms with van der Waals surface area (Å²) < 4.78 is 12.2. The Morgan fingerprint density at radius 1 is 1.37 bits per heavy atom. The summed E-state index contributed by atoms with van der Waals surface area (Å²) in [5.74, 6) is -1.78. The molecule has 0 radical (unpaired) electrons. The molecule has 0 bridgehead atoms. The van der Waals surface area contributed by atoms with E-state index in [9.17, 15) is 13.8 Å². The first-order chi connectivity index (χ1) is 8.81. The van der Waals surface area contributed by atoms with Crippen LogP contribution < -0.4 is 5.32 Å². The topological polar surface area (TPSA) is 83.5 Å². The number of rotatable bonds is 5. The number of hydrogen-bond acceptors (Lipinski definition) is 3. The van der Waals surface area contributed by atoms with Crippen LogP contribution in [0.4, 0.5) is 0 Å². The predicted molar refractivity (Wildman–Crippen MR) is 72.4 cm³/mol. The fourth-order valence-electron chi connectivity index (χ4n) is 1.72. The Kier molecular flexibility index (Phi) is 5.23. The SMILES string of the molecule is CC(=O)NC(CS(=O)c1ccc(C)cc1C)C(=O)O. The Bertz CT molecular complexity index is 527. The Hall–Kier alpha value is -1.69. The van der Waals surface area contributed by atoms with Crippen LogP contribution in [0.25, 0.3) is 0 Å². The van der Waals surface area contributed by atoms with E-state index in [2.05, 4.69) is 5.32 Å². The summed E-state index contributed by atoms with van der Waals surface area (Å²) in [7, 11) is -1.47. The fraction of sp³-hybridized carbons (Fsp3) is 0.385. The van der Waals surface area contributed by atoms with E-state index in [0.29, 0.717) is 4.90 Å². The number of aliphatic carboxylic acids is 1. The van der Waals surface area contributed by atoms with Crippen LogP contribution in [0.15, 0.2) is 23.1 Å². The molecule has 0 aliphatic carbocycles. The van der Waals surface area contributed by atoms with Crippen LogP contribution in [0.5, 0.6) is 0 Å². The van der Waals surface area contributed by atoms with Crippen molar-refractivity contribution < 1.29 is 18.9 Å². The lowest BCUT2D eigenvalue weighted by Crippen LogP contribution is -2.43. The van der Waals surface area contributed by atoms with Crippen LogP contribution in [-0.2, 0) is 20.4 Å². The van der Waals surface area contributed by atoms with Gasteiger partial charge in [-0.1, -0.05) is 17.7 Å². The molecule has 1 aromatic carbocycles. The molecule has 0 saturated heterocycles. The fourth-order valence-corrected chi connectivity index (χ4v) is 3.06. The molecule has 1 aromatic rings. The summed E-state index contributed by atoms with van der Waals surface area (Å²) in [4.78, 5) is 22.5. The summed E-state index contributed by atoms with van der Waals surface area (Å²) in [6.45, 7) is 4.99. The predicted octanol–water partition coefficient (Wildman–Crippen LogP) is 1.00. The average Bonchev–Trinajstić information content (AvgIpc) is 2.26. The smallest absolute Gasteiger partial charge is 0.327 e. The molecule has 6 heteroatoms. The molecule has 5 nitrogen and oxygen atoms in total. The van der Waals surface area contributed by atoms with Crippen LogP contribution in [0, 0.1) is 13.8 Å². The summed E-state index contributed by atoms with van der Waals surface area (Å²) in [6, 6.07) is 4.31. The first kappa shape index (κ1) is 15.4. The van der Waals surface area contributed by atoms with Crippen LogP contribution in [0.3, 0.4) is 0 Å². The van der Waals surface area contributed by atoms with Gasteiger partial charge in [0.1, 0.15) is 6.04 Å². The van der Waals surface area contributed by atoms with Crippen LogP contribution in [0.1, 0.15) is 18.1 Å². The van der Waals surface area contributed by atoms with Crippen molar-refractivity contribution in [2.75, 3.05) is 5.75 Å². The minimum absolute atomic E-state index is 0.140. The monoisotopic (exact) mass is 283 g/mol. The molecule has 19 heavy (non-hydrogen) atoms. The van der Waals surface area contributed by atoms with Crippen molar-refractivity contribution in [3.8, 4) is 0 Å². The van der Waals surface area contributed by atoms with Gasteiger partial charge in [0.2, 0.25) is 5.91 Å². The second-order valence-corrected chi connectivity index (χ2v) is 5.84. The van der Waals surface area contributed by atoms with Gasteiger partial charge in [0, 0.05) is 11.8 Å². The van der Waals surface area contributed by atoms with Crippen molar-refractivity contribution in [3.63, 3.8) is 0 Å². The first-order valence-corrected chi connectivity index (χ1v) is 7.08. The van der Waals surface area contributed by atoms with E-state index in [4.69, 9.17) is 5.11 Å². The Morgan fingerprint density at radius 2 is 2.00 bits per heavy atom. The van der Waals surface area contributed by atoms with Gasteiger partial charge in [-0.05, 0) is 25.5 Å². The molecule has 2 unspecified atom stereocenters. The van der Waals surface area contributed by atoms with Crippen molar-refractivity contribution in [2.45, 2.75) is 31.7 Å². The lowest BCUT2D eigenvalue weighted by Gasteiger charge is -2.14. The van der Waals surface area contributed by atoms with Gasteiger partial charge in [-0.15, -0.1) is 0 Å². The van der Waals surface area contributed by atoms with Gasteiger partial charge in [-0.25, -0.2) is 4.79 Å². The van der Waals surface area contributed by atoms with Crippen LogP contribution >= 0.6 is 0 Å². The number of carboxylic acid groups (broad SMARTS) is 1. The quantitative estimate of drug-likeness (QED) is 0.844. The van der Waals surface area contributed by atoms with E-state index >= 15 is 0 Å². The van der Waals surface area contributed by atoms with Gasteiger partial charge in [-0.3, -0.25) is 9.00 Å². The molecule has 0 aliphatic heterocycles. The summed E-state index contributed by atoms with van der Waals surface area (Å²) in [5, 5.41) is 11.3. The maximum absolute atomic E-state index is 12.2. The number of benzene rings is 1. The van der Waals surface area contributed by atoms with E-state index < -0.39 is 28.7 Å². The molecule has 0 aliphatic rings. The molecular weight excluding hydrogens is 266 g/mol. The van der Waals surface area contributed by atoms with Crippen molar-refractivity contribution in [1.29, 1.82) is 0 Å². The first-order valence-electron chi connectivity index (χ1n) is 5.76. The zero-order chi connectivity index (χ0) is 14.6. The third-order valence-electron chi connectivity index (χ3n) is 2.57. The highest BCUT2D eigenvalue weighted by molar-refractivity contribution is 7.85. The maximum Gasteiger partial charge on any atom is 0.327 e. The van der Waals surface area contributed by atoms with E-state index in [1.165, 1.54) is 6.92 Å². The Balaban J connectivity index is 2.87. The highest BCUT2D eigenvalue weighted by atomic mass is 32.2. The molecule has 0 heterocycles. The van der Waals surface area contributed by atoms with Crippen LogP contribution in [-0.4, -0.2) is 33.0 Å². The highest BCUT2D eigenvalue weighted by Gasteiger charge is 2.22. The second-order valence-electron chi connectivity index (χ2n) is 4.37. The third kappa shape index (κ3) is 4.48. The molecule has 0 saturated carbocycles. The van der Waals surface area contributed by atoms with Gasteiger partial charge < -0.3 is 10.4 Å². The maximum atomic E-state index is 12.2. The molecule has 0 spiro atoms. The molecule has 2 N–H and O–H groups in total. The number of carbonyl (C=O) groups excluding carboxylic acids is 1. The number of hydrogen-bond donors (Lipinski definition) is 2. The molecular formula is C13H17NO4S. The second kappa shape index (κ2) is 6.47. The minimum atomic E-state index is -1.47. The van der Waals surface area contributed by atoms with Gasteiger partial charge in [0.25, 0.3) is 0 Å². The van der Waals surface area contributed by atoms with Crippen molar-refractivity contribution in [2.24, 2.45) is 0 Å². The standard InChI is InChI=1S/C13H17NO4S/c1-8-4-5-12(9(2)6-8)19(18)7-11(13(16)17)14-10(3)15/h4-6,11H,7H2,1-3H3,(H,14,15)(H,16,17). The average molecular weight is 283 g/mol. The van der Waals surface area contributed by atoms with Gasteiger partial charge in [0.15, 0.2) is 0 Å². The Morgan fingerprint density at radius 3 is 2.47 bits per heavy atom. The zero-order valence-corrected chi connectivity index (χ0v) is 11.9. The largest absolute Gasteiger partial charge is 0.480 e. The summed E-state index contributed by atoms with van der Waals surface area (Å²) in [6.07, 6.45) is 0. The normalized spacial score (nSPS) is 13.6. The number of carbonyl (C=O) groups is 2. The lowest BCUT2D eigenvalue weighted by atomic mass is 10.2. The van der Waals surface area contributed by atoms with Crippen molar-refractivity contribution in [3.05, 3.63) is 29.3 Å². The number of nitrogens with one attached hydrogen (secondary N) is 1. The third-order valence-corrected chi connectivity index (χ3v) is 4.15. The molecule has 1 rings (SSSR count). The molecule has 0 aromatic heterocycles. The van der Waals surface area contributed by atoms with E-state index in [1.807, 2.05) is 26.0 Å². The van der Waals surface area contributed by atoms with E-state index in [-0.39, 0.29) is 5.75 Å². The summed E-state index contributed by atoms with van der Waals surface area (Å²) >= 11 is 0. The van der Waals surface area contributed by atoms with Crippen molar-refractivity contribution >= 4 is 22.7 Å². The van der Waals surface area contributed by atoms with Gasteiger partial charge >= 0.3 is 5.97 Å². The van der Waals surface area contributed by atoms with Crippen LogP contribution in [0.2, 0.25) is 0 Å². The number of carboxylic acids is 1. The Labute approximate surface area is 114 Å². The van der Waals surface area contributed by atoms with Crippen molar-refractivity contribution in [1.82, 2.24) is 5.32 Å². The van der Waals surface area contributed by atoms with Gasteiger partial charge in [0.05, 0.1) is 16.6 Å². The lowest BCUT2D eigenvalue weighted by molar-refractivity contribution is -0.140. The number of aryl methyl sites for hydroxylation is 2. The number of amides is 1. The highest BCUT2D eigenvalue weighted by Crippen LogP contribution is 2.15. The molecule has 1 amide bonds. The minimum Gasteiger partial charge on any atom is -0.480 e. The van der Waals surface area contributed by atoms with Gasteiger partial charge in [-0.2, -0.15) is 0 Å².